The van der Waals surface area contributed by atoms with E-state index < -0.39 is 112 Å². The number of nitrogens with one attached hydrogen (secondary N) is 1. The van der Waals surface area contributed by atoms with E-state index in [4.69, 9.17) is 33.2 Å². The third-order valence-corrected chi connectivity index (χ3v) is 13.0. The number of ketones is 1. The van der Waals surface area contributed by atoms with Gasteiger partial charge in [0, 0.05) is 39.4 Å². The van der Waals surface area contributed by atoms with E-state index in [2.05, 4.69) is 5.32 Å². The van der Waals surface area contributed by atoms with Crippen LogP contribution < -0.4 is 5.32 Å². The average Bonchev–Trinajstić information content (AvgIpc) is 3.18. The Morgan fingerprint density at radius 2 is 1.55 bits per heavy atom. The van der Waals surface area contributed by atoms with Crippen LogP contribution in [0, 0.1) is 16.7 Å². The Labute approximate surface area is 350 Å². The van der Waals surface area contributed by atoms with Gasteiger partial charge >= 0.3 is 24.0 Å². The number of rotatable bonds is 10. The van der Waals surface area contributed by atoms with Crippen LogP contribution >= 0.6 is 0 Å². The number of aliphatic hydroxyl groups is 2. The number of Topliss-reactive ketones (excluding diaryl/α,β-unsaturated/α-hetero) is 1. The van der Waals surface area contributed by atoms with Gasteiger partial charge in [-0.2, -0.15) is 0 Å². The molecule has 6 rings (SSSR count). The third-order valence-electron chi connectivity index (χ3n) is 13.0. The van der Waals surface area contributed by atoms with E-state index in [1.54, 1.807) is 109 Å². The molecule has 0 spiro atoms. The van der Waals surface area contributed by atoms with Crippen LogP contribution in [0.5, 0.6) is 0 Å². The number of fused-ring (bicyclic) bond motifs is 5. The number of ether oxygens (including phenoxy) is 7. The summed E-state index contributed by atoms with van der Waals surface area (Å²) in [6.07, 6.45) is -9.31. The summed E-state index contributed by atoms with van der Waals surface area (Å²) in [5, 5.41) is 28.0. The molecule has 1 aliphatic heterocycles. The molecule has 15 heteroatoms. The highest BCUT2D eigenvalue weighted by Crippen LogP contribution is 2.64. The molecule has 2 bridgehead atoms. The number of methoxy groups -OCH3 is 2. The minimum atomic E-state index is -2.22. The smallest absolute Gasteiger partial charge is 0.408 e. The maximum Gasteiger partial charge on any atom is 0.408 e. The molecule has 3 aliphatic carbocycles. The zero-order valence-electron chi connectivity index (χ0n) is 35.8. The maximum absolute atomic E-state index is 15.5. The van der Waals surface area contributed by atoms with Gasteiger partial charge in [-0.05, 0) is 63.5 Å². The molecule has 3 fully saturated rings. The lowest BCUT2D eigenvalue weighted by molar-refractivity contribution is -0.347. The number of carbonyl (C=O) groups is 5. The fourth-order valence-electron chi connectivity index (χ4n) is 10.1. The quantitative estimate of drug-likeness (QED) is 0.171. The number of amides is 1. The summed E-state index contributed by atoms with van der Waals surface area (Å²) in [6.45, 7) is 12.7. The molecule has 0 radical (unpaired) electrons. The second-order valence-electron chi connectivity index (χ2n) is 18.0. The molecule has 11 atom stereocenters. The summed E-state index contributed by atoms with van der Waals surface area (Å²) in [6, 6.07) is 15.1. The molecule has 1 amide bonds. The first-order valence-electron chi connectivity index (χ1n) is 20.1. The maximum atomic E-state index is 15.5. The van der Waals surface area contributed by atoms with Gasteiger partial charge in [0.1, 0.15) is 35.6 Å². The molecule has 1 saturated heterocycles. The third kappa shape index (κ3) is 7.52. The summed E-state index contributed by atoms with van der Waals surface area (Å²) in [4.78, 5) is 70.1. The van der Waals surface area contributed by atoms with Crippen molar-refractivity contribution in [2.24, 2.45) is 16.7 Å². The Bertz CT molecular complexity index is 2010. The van der Waals surface area contributed by atoms with E-state index in [9.17, 15) is 29.4 Å². The van der Waals surface area contributed by atoms with Crippen LogP contribution in [0.2, 0.25) is 0 Å². The first-order valence-corrected chi connectivity index (χ1v) is 20.1. The normalized spacial score (nSPS) is 33.0. The first kappa shape index (κ1) is 44.9. The molecule has 2 aromatic rings. The van der Waals surface area contributed by atoms with Gasteiger partial charge in [0.2, 0.25) is 0 Å². The van der Waals surface area contributed by atoms with Crippen LogP contribution in [0.25, 0.3) is 0 Å². The van der Waals surface area contributed by atoms with Crippen LogP contribution in [0.15, 0.2) is 71.8 Å². The molecule has 60 heavy (non-hydrogen) atoms. The molecule has 15 nitrogen and oxygen atoms in total. The summed E-state index contributed by atoms with van der Waals surface area (Å²) in [5.41, 5.74) is -6.72. The largest absolute Gasteiger partial charge is 0.456 e. The lowest BCUT2D eigenvalue weighted by Gasteiger charge is -2.67. The van der Waals surface area contributed by atoms with Crippen molar-refractivity contribution in [3.05, 3.63) is 82.9 Å². The highest BCUT2D eigenvalue weighted by molar-refractivity contribution is 5.94. The highest BCUT2D eigenvalue weighted by atomic mass is 16.6. The SMILES string of the molecule is CO[C@H]1C(=O)[C@]2(C)[C@@H](OC)C[C@H]3OC[C@@]3(OC(C)=O)[C@H]2[C@H](OC(=O)c2ccccc2)[C@]2(O)CC(OC(=O)[C@H](O)[C@@H](NC(=O)OC(C)(C)C)c3ccccc3)C(C)=C1C2(C)C. The van der Waals surface area contributed by atoms with Gasteiger partial charge in [0.25, 0.3) is 0 Å². The molecule has 326 valence electrons. The fraction of sp³-hybridized carbons (Fsp3) is 0.578. The summed E-state index contributed by atoms with van der Waals surface area (Å²) < 4.78 is 42.4. The number of hydrogen-bond acceptors (Lipinski definition) is 14. The predicted molar refractivity (Wildman–Crippen MR) is 213 cm³/mol. The van der Waals surface area contributed by atoms with Gasteiger partial charge in [0.15, 0.2) is 17.5 Å². The Morgan fingerprint density at radius 1 is 0.933 bits per heavy atom. The average molecular weight is 836 g/mol. The van der Waals surface area contributed by atoms with Gasteiger partial charge < -0.3 is 48.7 Å². The Kier molecular flexibility index (Phi) is 12.2. The van der Waals surface area contributed by atoms with E-state index in [-0.39, 0.29) is 24.2 Å². The van der Waals surface area contributed by atoms with Crippen molar-refractivity contribution in [2.45, 2.75) is 128 Å². The van der Waals surface area contributed by atoms with Crippen LogP contribution in [0.1, 0.15) is 90.2 Å². The van der Waals surface area contributed by atoms with E-state index in [1.807, 2.05) is 0 Å². The Morgan fingerprint density at radius 3 is 2.08 bits per heavy atom. The topological polar surface area (TPSA) is 202 Å². The zero-order chi connectivity index (χ0) is 44.2. The molecule has 2 aromatic carbocycles. The second-order valence-corrected chi connectivity index (χ2v) is 18.0. The molecule has 4 aliphatic rings. The van der Waals surface area contributed by atoms with Crippen molar-refractivity contribution in [1.82, 2.24) is 5.32 Å². The van der Waals surface area contributed by atoms with Crippen LogP contribution in [-0.2, 0) is 47.5 Å². The number of benzene rings is 2. The van der Waals surface area contributed by atoms with Gasteiger partial charge in [-0.1, -0.05) is 62.4 Å². The van der Waals surface area contributed by atoms with Crippen molar-refractivity contribution in [2.75, 3.05) is 20.8 Å². The second kappa shape index (κ2) is 16.3. The molecule has 1 unspecified atom stereocenters. The fourth-order valence-corrected chi connectivity index (χ4v) is 10.1. The summed E-state index contributed by atoms with van der Waals surface area (Å²) in [5.74, 6) is -4.52. The van der Waals surface area contributed by atoms with Crippen molar-refractivity contribution in [3.8, 4) is 0 Å². The van der Waals surface area contributed by atoms with Crippen LogP contribution in [0.4, 0.5) is 4.79 Å². The molecule has 2 saturated carbocycles. The Hall–Kier alpha value is -4.67. The minimum Gasteiger partial charge on any atom is -0.456 e. The van der Waals surface area contributed by atoms with E-state index in [0.717, 1.165) is 0 Å². The summed E-state index contributed by atoms with van der Waals surface area (Å²) >= 11 is 0. The van der Waals surface area contributed by atoms with Crippen LogP contribution in [-0.4, -0.2) is 114 Å². The number of esters is 3. The number of carbonyl (C=O) groups excluding carboxylic acids is 5. The van der Waals surface area contributed by atoms with E-state index in [0.29, 0.717) is 11.1 Å². The zero-order valence-corrected chi connectivity index (χ0v) is 35.8. The van der Waals surface area contributed by atoms with Gasteiger partial charge in [-0.3, -0.25) is 9.59 Å². The first-order chi connectivity index (χ1) is 28.1. The van der Waals surface area contributed by atoms with Gasteiger partial charge in [-0.15, -0.1) is 0 Å². The van der Waals surface area contributed by atoms with Crippen molar-refractivity contribution < 1.29 is 67.3 Å². The Balaban J connectivity index is 1.52. The van der Waals surface area contributed by atoms with Crippen molar-refractivity contribution in [3.63, 3.8) is 0 Å². The highest BCUT2D eigenvalue weighted by Gasteiger charge is 2.78. The molecule has 3 N–H and O–H groups in total. The van der Waals surface area contributed by atoms with Gasteiger partial charge in [0.05, 0.1) is 35.6 Å². The summed E-state index contributed by atoms with van der Waals surface area (Å²) in [7, 11) is 2.78. The molecule has 0 aromatic heterocycles. The van der Waals surface area contributed by atoms with Crippen LogP contribution in [0.3, 0.4) is 0 Å². The lowest BCUT2D eigenvalue weighted by atomic mass is 9.44. The van der Waals surface area contributed by atoms with E-state index >= 15 is 4.79 Å². The number of aliphatic hydroxyl groups excluding tert-OH is 1. The molecular weight excluding hydrogens is 778 g/mol. The van der Waals surface area contributed by atoms with Gasteiger partial charge in [-0.25, -0.2) is 14.4 Å². The lowest BCUT2D eigenvalue weighted by Crippen LogP contribution is -2.82. The van der Waals surface area contributed by atoms with Crippen molar-refractivity contribution in [1.29, 1.82) is 0 Å². The van der Waals surface area contributed by atoms with Crippen molar-refractivity contribution >= 4 is 29.8 Å². The minimum absolute atomic E-state index is 0.121. The molecular formula is C45H57NO14. The standard InChI is InChI=1S/C45H57NO14/c1-24-28(57-39(51)33(48)32(26-17-13-11-14-18-26)46-40(52)60-41(3,4)5)22-45(53)37(58-38(50)27-19-15-12-16-20-27)35-43(8,36(49)34(55-10)31(24)42(45,6)7)29(54-9)21-30-44(35,23-56-30)59-25(2)47/h11-20,28-30,32-35,37,48,53H,21-23H2,1-10H3,(H,46,52)/t28?,29-,30+,32-,33+,34+,35-,37-,43+,44-,45+/m0/s1. The molecule has 1 heterocycles. The monoisotopic (exact) mass is 835 g/mol. The van der Waals surface area contributed by atoms with E-state index in [1.165, 1.54) is 21.1 Å². The number of alkyl carbamates (subject to hydrolysis) is 1. The predicted octanol–water partition coefficient (Wildman–Crippen LogP) is 4.57. The number of hydrogen-bond donors (Lipinski definition) is 3.